The Kier molecular flexibility index (Phi) is 4.57. The number of hydrogen-bond acceptors (Lipinski definition) is 5. The maximum Gasteiger partial charge on any atom is 0.359 e. The van der Waals surface area contributed by atoms with E-state index in [2.05, 4.69) is 5.10 Å². The van der Waals surface area contributed by atoms with Gasteiger partial charge in [0.15, 0.2) is 12.0 Å². The summed E-state index contributed by atoms with van der Waals surface area (Å²) in [6, 6.07) is 7.66. The van der Waals surface area contributed by atoms with E-state index in [9.17, 15) is 9.59 Å². The first-order valence-corrected chi connectivity index (χ1v) is 7.28. The van der Waals surface area contributed by atoms with E-state index in [4.69, 9.17) is 4.74 Å². The molecule has 0 N–H and O–H groups in total. The molecule has 0 aliphatic carbocycles. The molecule has 2 aromatic rings. The number of nitrogens with zero attached hydrogens (tertiary/aromatic N) is 2. The molecule has 0 unspecified atom stereocenters. The number of aldehydes is 1. The fraction of sp³-hybridized carbons (Fsp3) is 0.214. The first-order valence-electron chi connectivity index (χ1n) is 6.06. The highest BCUT2D eigenvalue weighted by molar-refractivity contribution is 7.98. The van der Waals surface area contributed by atoms with Gasteiger partial charge in [-0.15, -0.1) is 11.8 Å². The molecule has 1 aromatic heterocycles. The lowest BCUT2D eigenvalue weighted by Crippen LogP contribution is -2.08. The van der Waals surface area contributed by atoms with Crippen LogP contribution in [-0.2, 0) is 4.74 Å². The average molecular weight is 290 g/mol. The van der Waals surface area contributed by atoms with Crippen molar-refractivity contribution in [3.05, 3.63) is 41.7 Å². The van der Waals surface area contributed by atoms with Gasteiger partial charge in [-0.25, -0.2) is 9.48 Å². The van der Waals surface area contributed by atoms with Crippen molar-refractivity contribution in [3.8, 4) is 5.69 Å². The predicted octanol–water partition coefficient (Wildman–Crippen LogP) is 2.58. The standard InChI is InChI=1S/C14H14N2O3S/c1-3-19-14(18)13-10(9-17)8-16(15-13)11-5-4-6-12(7-11)20-2/h4-9H,3H2,1-2H3. The van der Waals surface area contributed by atoms with E-state index < -0.39 is 5.97 Å². The Hall–Kier alpha value is -2.08. The van der Waals surface area contributed by atoms with Crippen LogP contribution in [0.2, 0.25) is 0 Å². The van der Waals surface area contributed by atoms with Crippen LogP contribution in [0.5, 0.6) is 0 Å². The van der Waals surface area contributed by atoms with E-state index >= 15 is 0 Å². The summed E-state index contributed by atoms with van der Waals surface area (Å²) in [4.78, 5) is 23.8. The second-order valence-electron chi connectivity index (χ2n) is 3.92. The van der Waals surface area contributed by atoms with E-state index in [1.165, 1.54) is 10.9 Å². The minimum absolute atomic E-state index is 0.0383. The minimum Gasteiger partial charge on any atom is -0.461 e. The SMILES string of the molecule is CCOC(=O)c1nn(-c2cccc(SC)c2)cc1C=O. The van der Waals surface area contributed by atoms with Gasteiger partial charge < -0.3 is 4.74 Å². The average Bonchev–Trinajstić information content (AvgIpc) is 2.92. The summed E-state index contributed by atoms with van der Waals surface area (Å²) < 4.78 is 6.40. The smallest absolute Gasteiger partial charge is 0.359 e. The molecular weight excluding hydrogens is 276 g/mol. The van der Waals surface area contributed by atoms with Gasteiger partial charge in [0.25, 0.3) is 0 Å². The van der Waals surface area contributed by atoms with Crippen LogP contribution in [0, 0.1) is 0 Å². The molecule has 0 amide bonds. The third-order valence-electron chi connectivity index (χ3n) is 2.66. The van der Waals surface area contributed by atoms with Crippen LogP contribution in [0.15, 0.2) is 35.4 Å². The predicted molar refractivity (Wildman–Crippen MR) is 76.7 cm³/mol. The van der Waals surface area contributed by atoms with Crippen LogP contribution in [0.4, 0.5) is 0 Å². The second kappa shape index (κ2) is 6.38. The fourth-order valence-electron chi connectivity index (χ4n) is 1.72. The number of carbonyl (C=O) groups excluding carboxylic acids is 2. The van der Waals surface area contributed by atoms with Crippen LogP contribution in [0.25, 0.3) is 5.69 Å². The van der Waals surface area contributed by atoms with Crippen LogP contribution >= 0.6 is 11.8 Å². The Labute approximate surface area is 120 Å². The lowest BCUT2D eigenvalue weighted by molar-refractivity contribution is 0.0517. The Bertz CT molecular complexity index is 637. The number of aromatic nitrogens is 2. The number of hydrogen-bond donors (Lipinski definition) is 0. The van der Waals surface area contributed by atoms with Crippen LogP contribution in [-0.4, -0.2) is 34.9 Å². The topological polar surface area (TPSA) is 61.2 Å². The first kappa shape index (κ1) is 14.3. The van der Waals surface area contributed by atoms with Gasteiger partial charge in [-0.1, -0.05) is 6.07 Å². The highest BCUT2D eigenvalue weighted by Gasteiger charge is 2.18. The molecule has 0 saturated heterocycles. The third-order valence-corrected chi connectivity index (χ3v) is 3.38. The highest BCUT2D eigenvalue weighted by atomic mass is 32.2. The zero-order valence-corrected chi connectivity index (χ0v) is 12.0. The molecule has 0 aliphatic rings. The zero-order valence-electron chi connectivity index (χ0n) is 11.2. The van der Waals surface area contributed by atoms with Gasteiger partial charge in [-0.05, 0) is 31.4 Å². The van der Waals surface area contributed by atoms with Crippen LogP contribution in [0.1, 0.15) is 27.8 Å². The first-order chi connectivity index (χ1) is 9.69. The van der Waals surface area contributed by atoms with E-state index in [1.54, 1.807) is 18.7 Å². The normalized spacial score (nSPS) is 10.3. The Balaban J connectivity index is 2.42. The van der Waals surface area contributed by atoms with Gasteiger partial charge in [-0.2, -0.15) is 5.10 Å². The van der Waals surface area contributed by atoms with Crippen molar-refractivity contribution < 1.29 is 14.3 Å². The summed E-state index contributed by atoms with van der Waals surface area (Å²) in [6.45, 7) is 1.95. The van der Waals surface area contributed by atoms with Crippen LogP contribution < -0.4 is 0 Å². The number of ether oxygens (including phenoxy) is 1. The van der Waals surface area contributed by atoms with Crippen molar-refractivity contribution in [3.63, 3.8) is 0 Å². The lowest BCUT2D eigenvalue weighted by Gasteiger charge is -2.03. The van der Waals surface area contributed by atoms with E-state index in [-0.39, 0.29) is 17.9 Å². The van der Waals surface area contributed by atoms with Crippen LogP contribution in [0.3, 0.4) is 0 Å². The number of thioether (sulfide) groups is 1. The molecule has 0 radical (unpaired) electrons. The lowest BCUT2D eigenvalue weighted by atomic mass is 10.3. The summed E-state index contributed by atoms with van der Waals surface area (Å²) >= 11 is 1.61. The molecule has 0 atom stereocenters. The molecule has 1 heterocycles. The Morgan fingerprint density at radius 3 is 2.95 bits per heavy atom. The Morgan fingerprint density at radius 1 is 1.50 bits per heavy atom. The largest absolute Gasteiger partial charge is 0.461 e. The molecule has 2 rings (SSSR count). The zero-order chi connectivity index (χ0) is 14.5. The molecule has 104 valence electrons. The van der Waals surface area contributed by atoms with E-state index in [0.29, 0.717) is 6.29 Å². The molecule has 0 saturated carbocycles. The minimum atomic E-state index is -0.589. The Morgan fingerprint density at radius 2 is 2.30 bits per heavy atom. The molecule has 0 fully saturated rings. The summed E-state index contributed by atoms with van der Waals surface area (Å²) in [7, 11) is 0. The van der Waals surface area contributed by atoms with Crippen molar-refractivity contribution in [2.45, 2.75) is 11.8 Å². The second-order valence-corrected chi connectivity index (χ2v) is 4.80. The van der Waals surface area contributed by atoms with Gasteiger partial charge in [-0.3, -0.25) is 4.79 Å². The van der Waals surface area contributed by atoms with Crippen molar-refractivity contribution in [2.75, 3.05) is 12.9 Å². The maximum absolute atomic E-state index is 11.7. The van der Waals surface area contributed by atoms with E-state index in [1.807, 2.05) is 30.5 Å². The molecule has 0 spiro atoms. The number of benzene rings is 1. The van der Waals surface area contributed by atoms with Gasteiger partial charge in [0.1, 0.15) is 0 Å². The fourth-order valence-corrected chi connectivity index (χ4v) is 2.17. The van der Waals surface area contributed by atoms with E-state index in [0.717, 1.165) is 10.6 Å². The highest BCUT2D eigenvalue weighted by Crippen LogP contribution is 2.19. The van der Waals surface area contributed by atoms with Crippen molar-refractivity contribution in [2.24, 2.45) is 0 Å². The maximum atomic E-state index is 11.7. The molecule has 20 heavy (non-hydrogen) atoms. The van der Waals surface area contributed by atoms with Crippen molar-refractivity contribution in [1.82, 2.24) is 9.78 Å². The number of rotatable bonds is 5. The van der Waals surface area contributed by atoms with Gasteiger partial charge in [0.2, 0.25) is 0 Å². The number of carbonyl (C=O) groups is 2. The molecule has 5 nitrogen and oxygen atoms in total. The van der Waals surface area contributed by atoms with Gasteiger partial charge >= 0.3 is 5.97 Å². The summed E-state index contributed by atoms with van der Waals surface area (Å²) in [6.07, 6.45) is 4.11. The quantitative estimate of drug-likeness (QED) is 0.481. The molecule has 6 heteroatoms. The number of esters is 1. The summed E-state index contributed by atoms with van der Waals surface area (Å²) in [5.74, 6) is -0.589. The molecule has 1 aromatic carbocycles. The molecule has 0 bridgehead atoms. The van der Waals surface area contributed by atoms with Gasteiger partial charge in [0.05, 0.1) is 17.9 Å². The monoisotopic (exact) mass is 290 g/mol. The summed E-state index contributed by atoms with van der Waals surface area (Å²) in [5, 5.41) is 4.15. The molecule has 0 aliphatic heterocycles. The van der Waals surface area contributed by atoms with Crippen molar-refractivity contribution in [1.29, 1.82) is 0 Å². The molecular formula is C14H14N2O3S. The van der Waals surface area contributed by atoms with Gasteiger partial charge in [0, 0.05) is 11.1 Å². The van der Waals surface area contributed by atoms with Crippen molar-refractivity contribution >= 4 is 24.0 Å². The third kappa shape index (κ3) is 2.91. The summed E-state index contributed by atoms with van der Waals surface area (Å²) in [5.41, 5.74) is 1.05.